The predicted octanol–water partition coefficient (Wildman–Crippen LogP) is 0.740. The molecular formula is C12H22N2O2. The van der Waals surface area contributed by atoms with Crippen LogP contribution in [-0.4, -0.2) is 36.0 Å². The van der Waals surface area contributed by atoms with Crippen molar-refractivity contribution in [1.82, 2.24) is 9.88 Å². The second-order valence-electron chi connectivity index (χ2n) is 3.97. The van der Waals surface area contributed by atoms with Crippen molar-refractivity contribution in [1.29, 1.82) is 0 Å². The SMILES string of the molecule is Cc1cc(CNCCOCCO)c(C)n1C. The Balaban J connectivity index is 2.24. The summed E-state index contributed by atoms with van der Waals surface area (Å²) in [6.45, 7) is 7.09. The summed E-state index contributed by atoms with van der Waals surface area (Å²) in [6, 6.07) is 2.21. The molecular weight excluding hydrogens is 204 g/mol. The first-order valence-electron chi connectivity index (χ1n) is 5.68. The molecule has 0 saturated heterocycles. The van der Waals surface area contributed by atoms with Gasteiger partial charge in [-0.2, -0.15) is 0 Å². The summed E-state index contributed by atoms with van der Waals surface area (Å²) in [4.78, 5) is 0. The van der Waals surface area contributed by atoms with Crippen LogP contribution in [0.5, 0.6) is 0 Å². The molecule has 1 aromatic heterocycles. The molecule has 0 aliphatic rings. The second-order valence-corrected chi connectivity index (χ2v) is 3.97. The summed E-state index contributed by atoms with van der Waals surface area (Å²) in [7, 11) is 2.08. The summed E-state index contributed by atoms with van der Waals surface area (Å²) in [5.41, 5.74) is 3.93. The fraction of sp³-hybridized carbons (Fsp3) is 0.667. The van der Waals surface area contributed by atoms with Crippen LogP contribution in [0, 0.1) is 13.8 Å². The monoisotopic (exact) mass is 226 g/mol. The molecule has 0 bridgehead atoms. The molecule has 0 spiro atoms. The minimum atomic E-state index is 0.0942. The van der Waals surface area contributed by atoms with Gasteiger partial charge in [0.05, 0.1) is 19.8 Å². The van der Waals surface area contributed by atoms with Crippen molar-refractivity contribution in [3.63, 3.8) is 0 Å². The number of rotatable bonds is 7. The van der Waals surface area contributed by atoms with E-state index in [1.165, 1.54) is 17.0 Å². The van der Waals surface area contributed by atoms with Crippen LogP contribution in [0.25, 0.3) is 0 Å². The lowest BCUT2D eigenvalue weighted by Gasteiger charge is -2.05. The maximum absolute atomic E-state index is 8.52. The van der Waals surface area contributed by atoms with Gasteiger partial charge in [-0.15, -0.1) is 0 Å². The van der Waals surface area contributed by atoms with E-state index < -0.39 is 0 Å². The van der Waals surface area contributed by atoms with Gasteiger partial charge in [0.2, 0.25) is 0 Å². The summed E-state index contributed by atoms with van der Waals surface area (Å²) in [6.07, 6.45) is 0. The van der Waals surface area contributed by atoms with E-state index in [0.29, 0.717) is 13.2 Å². The zero-order valence-electron chi connectivity index (χ0n) is 10.4. The topological polar surface area (TPSA) is 46.4 Å². The Kier molecular flexibility index (Phi) is 5.52. The number of aryl methyl sites for hydroxylation is 1. The second kappa shape index (κ2) is 6.68. The first-order chi connectivity index (χ1) is 7.66. The standard InChI is InChI=1S/C12H22N2O2/c1-10-8-12(11(2)14(10)3)9-13-4-6-16-7-5-15/h8,13,15H,4-7,9H2,1-3H3. The van der Waals surface area contributed by atoms with Gasteiger partial charge in [0.15, 0.2) is 0 Å². The van der Waals surface area contributed by atoms with Crippen molar-refractivity contribution in [2.24, 2.45) is 7.05 Å². The van der Waals surface area contributed by atoms with Crippen LogP contribution in [0.15, 0.2) is 6.07 Å². The lowest BCUT2D eigenvalue weighted by Crippen LogP contribution is -2.20. The molecule has 2 N–H and O–H groups in total. The van der Waals surface area contributed by atoms with Crippen molar-refractivity contribution in [3.05, 3.63) is 23.0 Å². The van der Waals surface area contributed by atoms with E-state index in [-0.39, 0.29) is 6.61 Å². The van der Waals surface area contributed by atoms with Gasteiger partial charge in [0.1, 0.15) is 0 Å². The van der Waals surface area contributed by atoms with Crippen LogP contribution >= 0.6 is 0 Å². The maximum Gasteiger partial charge on any atom is 0.0698 e. The van der Waals surface area contributed by atoms with E-state index in [4.69, 9.17) is 9.84 Å². The number of hydrogen-bond donors (Lipinski definition) is 2. The van der Waals surface area contributed by atoms with Gasteiger partial charge in [-0.25, -0.2) is 0 Å². The van der Waals surface area contributed by atoms with Gasteiger partial charge in [-0.1, -0.05) is 0 Å². The smallest absolute Gasteiger partial charge is 0.0698 e. The van der Waals surface area contributed by atoms with Crippen molar-refractivity contribution in [3.8, 4) is 0 Å². The molecule has 1 heterocycles. The molecule has 0 unspecified atom stereocenters. The minimum Gasteiger partial charge on any atom is -0.394 e. The highest BCUT2D eigenvalue weighted by Crippen LogP contribution is 2.12. The number of nitrogens with zero attached hydrogens (tertiary/aromatic N) is 1. The molecule has 0 aliphatic carbocycles. The van der Waals surface area contributed by atoms with Crippen molar-refractivity contribution in [2.75, 3.05) is 26.4 Å². The zero-order chi connectivity index (χ0) is 12.0. The fourth-order valence-corrected chi connectivity index (χ4v) is 1.65. The van der Waals surface area contributed by atoms with Gasteiger partial charge in [-0.3, -0.25) is 0 Å². The van der Waals surface area contributed by atoms with Crippen LogP contribution in [0.1, 0.15) is 17.0 Å². The molecule has 0 aliphatic heterocycles. The van der Waals surface area contributed by atoms with E-state index in [1.807, 2.05) is 0 Å². The van der Waals surface area contributed by atoms with Crippen LogP contribution in [0.3, 0.4) is 0 Å². The van der Waals surface area contributed by atoms with Gasteiger partial charge in [0, 0.05) is 31.5 Å². The lowest BCUT2D eigenvalue weighted by atomic mass is 10.2. The van der Waals surface area contributed by atoms with Crippen LogP contribution in [0.2, 0.25) is 0 Å². The lowest BCUT2D eigenvalue weighted by molar-refractivity contribution is 0.0938. The number of aliphatic hydroxyl groups is 1. The van der Waals surface area contributed by atoms with E-state index >= 15 is 0 Å². The predicted molar refractivity (Wildman–Crippen MR) is 64.5 cm³/mol. The largest absolute Gasteiger partial charge is 0.394 e. The van der Waals surface area contributed by atoms with E-state index in [0.717, 1.165) is 13.1 Å². The molecule has 0 radical (unpaired) electrons. The molecule has 4 heteroatoms. The van der Waals surface area contributed by atoms with E-state index in [2.05, 4.69) is 36.8 Å². The van der Waals surface area contributed by atoms with Gasteiger partial charge < -0.3 is 19.7 Å². The van der Waals surface area contributed by atoms with Crippen LogP contribution in [-0.2, 0) is 18.3 Å². The molecule has 4 nitrogen and oxygen atoms in total. The Morgan fingerprint density at radius 1 is 1.38 bits per heavy atom. The normalized spacial score (nSPS) is 11.0. The summed E-state index contributed by atoms with van der Waals surface area (Å²) in [5, 5.41) is 11.8. The molecule has 16 heavy (non-hydrogen) atoms. The van der Waals surface area contributed by atoms with Crippen molar-refractivity contribution < 1.29 is 9.84 Å². The highest BCUT2D eigenvalue weighted by Gasteiger charge is 2.04. The average Bonchev–Trinajstić information content (AvgIpc) is 2.51. The first kappa shape index (κ1) is 13.2. The highest BCUT2D eigenvalue weighted by molar-refractivity contribution is 5.26. The molecule has 1 rings (SSSR count). The number of ether oxygens (including phenoxy) is 1. The number of hydrogen-bond acceptors (Lipinski definition) is 3. The third-order valence-electron chi connectivity index (χ3n) is 2.85. The summed E-state index contributed by atoms with van der Waals surface area (Å²) in [5.74, 6) is 0. The Hall–Kier alpha value is -0.840. The Morgan fingerprint density at radius 2 is 2.12 bits per heavy atom. The molecule has 0 aromatic carbocycles. The minimum absolute atomic E-state index is 0.0942. The first-order valence-corrected chi connectivity index (χ1v) is 5.68. The van der Waals surface area contributed by atoms with Crippen LogP contribution in [0.4, 0.5) is 0 Å². The fourth-order valence-electron chi connectivity index (χ4n) is 1.65. The molecule has 0 saturated carbocycles. The third kappa shape index (κ3) is 3.63. The molecule has 92 valence electrons. The maximum atomic E-state index is 8.52. The molecule has 1 aromatic rings. The summed E-state index contributed by atoms with van der Waals surface area (Å²) >= 11 is 0. The Bertz CT molecular complexity index is 321. The molecule has 0 atom stereocenters. The van der Waals surface area contributed by atoms with Gasteiger partial charge in [-0.05, 0) is 25.5 Å². The van der Waals surface area contributed by atoms with Gasteiger partial charge in [0.25, 0.3) is 0 Å². The highest BCUT2D eigenvalue weighted by atomic mass is 16.5. The third-order valence-corrected chi connectivity index (χ3v) is 2.85. The zero-order valence-corrected chi connectivity index (χ0v) is 10.4. The average molecular weight is 226 g/mol. The van der Waals surface area contributed by atoms with Crippen molar-refractivity contribution in [2.45, 2.75) is 20.4 Å². The number of aliphatic hydroxyl groups excluding tert-OH is 1. The van der Waals surface area contributed by atoms with Crippen molar-refractivity contribution >= 4 is 0 Å². The van der Waals surface area contributed by atoms with E-state index in [1.54, 1.807) is 0 Å². The van der Waals surface area contributed by atoms with Gasteiger partial charge >= 0.3 is 0 Å². The number of nitrogens with one attached hydrogen (secondary N) is 1. The Labute approximate surface area is 97.2 Å². The Morgan fingerprint density at radius 3 is 2.69 bits per heavy atom. The quantitative estimate of drug-likeness (QED) is 0.674. The molecule has 0 amide bonds. The summed E-state index contributed by atoms with van der Waals surface area (Å²) < 4.78 is 7.36. The van der Waals surface area contributed by atoms with Crippen LogP contribution < -0.4 is 5.32 Å². The molecule has 0 fully saturated rings. The van der Waals surface area contributed by atoms with E-state index in [9.17, 15) is 0 Å². The number of aromatic nitrogens is 1.